The highest BCUT2D eigenvalue weighted by Crippen LogP contribution is 2.29. The van der Waals surface area contributed by atoms with Crippen LogP contribution in [0.2, 0.25) is 0 Å². The van der Waals surface area contributed by atoms with Crippen LogP contribution in [0.25, 0.3) is 0 Å². The van der Waals surface area contributed by atoms with Crippen molar-refractivity contribution in [2.45, 2.75) is 5.51 Å². The molecule has 16 heavy (non-hydrogen) atoms. The van der Waals surface area contributed by atoms with Gasteiger partial charge in [-0.3, -0.25) is 9.80 Å². The molecule has 0 aromatic rings. The Bertz CT molecular complexity index is 196. The van der Waals surface area contributed by atoms with E-state index in [1.165, 1.54) is 0 Å². The van der Waals surface area contributed by atoms with Gasteiger partial charge < -0.3 is 5.11 Å². The molecule has 0 atom stereocenters. The van der Waals surface area contributed by atoms with Crippen molar-refractivity contribution in [2.24, 2.45) is 0 Å². The molecule has 0 radical (unpaired) electrons. The van der Waals surface area contributed by atoms with Gasteiger partial charge in [0.2, 0.25) is 0 Å². The third-order valence-electron chi connectivity index (χ3n) is 2.55. The average molecular weight is 258 g/mol. The highest BCUT2D eigenvalue weighted by Gasteiger charge is 2.28. The van der Waals surface area contributed by atoms with Gasteiger partial charge in [-0.05, 0) is 11.8 Å². The summed E-state index contributed by atoms with van der Waals surface area (Å²) >= 11 is 0.0430. The van der Waals surface area contributed by atoms with Crippen LogP contribution in [0.3, 0.4) is 0 Å². The molecule has 0 saturated carbocycles. The number of aliphatic hydroxyl groups is 1. The van der Waals surface area contributed by atoms with Crippen molar-refractivity contribution in [3.05, 3.63) is 0 Å². The van der Waals surface area contributed by atoms with Crippen LogP contribution in [0, 0.1) is 0 Å². The van der Waals surface area contributed by atoms with Crippen molar-refractivity contribution >= 4 is 11.8 Å². The number of nitrogens with zero attached hydrogens (tertiary/aromatic N) is 2. The molecule has 1 aliphatic heterocycles. The largest absolute Gasteiger partial charge is 0.441 e. The molecule has 0 aromatic heterocycles. The maximum atomic E-state index is 11.9. The minimum atomic E-state index is -4.11. The summed E-state index contributed by atoms with van der Waals surface area (Å²) in [6.45, 7) is 4.53. The Labute approximate surface area is 97.6 Å². The lowest BCUT2D eigenvalue weighted by atomic mass is 10.3. The van der Waals surface area contributed by atoms with Crippen LogP contribution < -0.4 is 0 Å². The number of hydrogen-bond donors (Lipinski definition) is 1. The van der Waals surface area contributed by atoms with E-state index < -0.39 is 5.51 Å². The number of thioether (sulfide) groups is 1. The maximum Gasteiger partial charge on any atom is 0.441 e. The molecule has 7 heteroatoms. The zero-order chi connectivity index (χ0) is 12.0. The molecule has 0 aliphatic carbocycles. The quantitative estimate of drug-likeness (QED) is 0.791. The van der Waals surface area contributed by atoms with Crippen LogP contribution >= 0.6 is 11.8 Å². The zero-order valence-electron chi connectivity index (χ0n) is 9.04. The normalized spacial score (nSPS) is 20.2. The Morgan fingerprint density at radius 1 is 1.00 bits per heavy atom. The summed E-state index contributed by atoms with van der Waals surface area (Å²) < 4.78 is 35.6. The van der Waals surface area contributed by atoms with Gasteiger partial charge in [0, 0.05) is 45.0 Å². The summed E-state index contributed by atoms with van der Waals surface area (Å²) in [4.78, 5) is 4.15. The minimum absolute atomic E-state index is 0.0430. The number of aliphatic hydroxyl groups excluding tert-OH is 1. The van der Waals surface area contributed by atoms with Gasteiger partial charge >= 0.3 is 5.51 Å². The maximum absolute atomic E-state index is 11.9. The summed E-state index contributed by atoms with van der Waals surface area (Å²) in [5.41, 5.74) is -4.11. The Morgan fingerprint density at radius 3 is 1.94 bits per heavy atom. The van der Waals surface area contributed by atoms with Crippen LogP contribution in [0.1, 0.15) is 0 Å². The van der Waals surface area contributed by atoms with Crippen LogP contribution in [-0.2, 0) is 0 Å². The van der Waals surface area contributed by atoms with Gasteiger partial charge in [0.05, 0.1) is 6.61 Å². The molecule has 0 bridgehead atoms. The van der Waals surface area contributed by atoms with Crippen molar-refractivity contribution in [3.8, 4) is 0 Å². The average Bonchev–Trinajstić information content (AvgIpc) is 2.19. The molecule has 96 valence electrons. The molecule has 3 nitrogen and oxygen atoms in total. The minimum Gasteiger partial charge on any atom is -0.395 e. The monoisotopic (exact) mass is 258 g/mol. The Kier molecular flexibility index (Phi) is 5.88. The lowest BCUT2D eigenvalue weighted by Crippen LogP contribution is -2.47. The number of β-amino-alcohol motifs (C(OH)–C–C–N with tert-alkyl or cyclic N) is 1. The van der Waals surface area contributed by atoms with Crippen molar-refractivity contribution in [2.75, 3.05) is 51.6 Å². The fraction of sp³-hybridized carbons (Fsp3) is 1.00. The molecule has 0 amide bonds. The van der Waals surface area contributed by atoms with E-state index in [-0.39, 0.29) is 24.1 Å². The van der Waals surface area contributed by atoms with Crippen LogP contribution in [0.5, 0.6) is 0 Å². The predicted octanol–water partition coefficient (Wildman–Crippen LogP) is 0.849. The van der Waals surface area contributed by atoms with Gasteiger partial charge in [0.15, 0.2) is 0 Å². The first-order valence-electron chi connectivity index (χ1n) is 5.27. The first-order valence-corrected chi connectivity index (χ1v) is 6.26. The smallest absolute Gasteiger partial charge is 0.395 e. The molecule has 1 aliphatic rings. The highest BCUT2D eigenvalue weighted by atomic mass is 32.2. The molecule has 1 heterocycles. The van der Waals surface area contributed by atoms with E-state index >= 15 is 0 Å². The van der Waals surface area contributed by atoms with Gasteiger partial charge in [-0.1, -0.05) is 0 Å². The van der Waals surface area contributed by atoms with E-state index in [0.717, 1.165) is 26.2 Å². The van der Waals surface area contributed by atoms with Gasteiger partial charge in [0.1, 0.15) is 0 Å². The van der Waals surface area contributed by atoms with E-state index in [9.17, 15) is 13.2 Å². The van der Waals surface area contributed by atoms with E-state index in [0.29, 0.717) is 13.1 Å². The Balaban J connectivity index is 2.08. The second-order valence-corrected chi connectivity index (χ2v) is 4.86. The Morgan fingerprint density at radius 2 is 1.50 bits per heavy atom. The fourth-order valence-electron chi connectivity index (χ4n) is 1.67. The van der Waals surface area contributed by atoms with Crippen molar-refractivity contribution in [1.29, 1.82) is 0 Å². The second-order valence-electron chi connectivity index (χ2n) is 3.70. The van der Waals surface area contributed by atoms with Gasteiger partial charge in [-0.25, -0.2) is 0 Å². The van der Waals surface area contributed by atoms with E-state index in [2.05, 4.69) is 4.90 Å². The molecule has 0 aromatic carbocycles. The topological polar surface area (TPSA) is 26.7 Å². The number of rotatable bonds is 5. The van der Waals surface area contributed by atoms with Gasteiger partial charge in [0.25, 0.3) is 0 Å². The summed E-state index contributed by atoms with van der Waals surface area (Å²) in [5.74, 6) is 0.101. The summed E-state index contributed by atoms with van der Waals surface area (Å²) in [6.07, 6.45) is 0. The van der Waals surface area contributed by atoms with Crippen LogP contribution in [0.15, 0.2) is 0 Å². The van der Waals surface area contributed by atoms with E-state index in [1.54, 1.807) is 0 Å². The molecule has 1 N–H and O–H groups in total. The molecular weight excluding hydrogens is 241 g/mol. The Hall–Kier alpha value is 0.0200. The predicted molar refractivity (Wildman–Crippen MR) is 58.5 cm³/mol. The fourth-order valence-corrected chi connectivity index (χ4v) is 2.25. The molecule has 1 rings (SSSR count). The first kappa shape index (κ1) is 14.1. The summed E-state index contributed by atoms with van der Waals surface area (Å²) in [5, 5.41) is 8.73. The number of alkyl halides is 3. The van der Waals surface area contributed by atoms with Crippen LogP contribution in [0.4, 0.5) is 13.2 Å². The third-order valence-corrected chi connectivity index (χ3v) is 3.27. The SMILES string of the molecule is OCCN1CCN(CCSC(F)(F)F)CC1. The van der Waals surface area contributed by atoms with E-state index in [1.807, 2.05) is 4.90 Å². The number of halogens is 3. The van der Waals surface area contributed by atoms with Crippen molar-refractivity contribution in [3.63, 3.8) is 0 Å². The standard InChI is InChI=1S/C9H17F3N2OS/c10-9(11,12)16-8-6-14-3-1-13(2-4-14)5-7-15/h15H,1-8H2. The van der Waals surface area contributed by atoms with Crippen molar-refractivity contribution in [1.82, 2.24) is 9.80 Å². The molecule has 1 fully saturated rings. The summed E-state index contributed by atoms with van der Waals surface area (Å²) in [7, 11) is 0. The highest BCUT2D eigenvalue weighted by molar-refractivity contribution is 8.00. The molecule has 0 spiro atoms. The van der Waals surface area contributed by atoms with Crippen molar-refractivity contribution < 1.29 is 18.3 Å². The number of hydrogen-bond acceptors (Lipinski definition) is 4. The lowest BCUT2D eigenvalue weighted by molar-refractivity contribution is -0.0329. The van der Waals surface area contributed by atoms with Gasteiger partial charge in [-0.2, -0.15) is 13.2 Å². The summed E-state index contributed by atoms with van der Waals surface area (Å²) in [6, 6.07) is 0. The first-order chi connectivity index (χ1) is 7.51. The zero-order valence-corrected chi connectivity index (χ0v) is 9.86. The third kappa shape index (κ3) is 5.93. The van der Waals surface area contributed by atoms with Gasteiger partial charge in [-0.15, -0.1) is 0 Å². The molecular formula is C9H17F3N2OS. The number of piperazine rings is 1. The second kappa shape index (κ2) is 6.68. The lowest BCUT2D eigenvalue weighted by Gasteiger charge is -2.34. The van der Waals surface area contributed by atoms with E-state index in [4.69, 9.17) is 5.11 Å². The molecule has 1 saturated heterocycles. The van der Waals surface area contributed by atoms with Crippen LogP contribution in [-0.4, -0.2) is 72.0 Å². The molecule has 0 unspecified atom stereocenters.